The predicted molar refractivity (Wildman–Crippen MR) is 71.4 cm³/mol. The van der Waals surface area contributed by atoms with Gasteiger partial charge in [0, 0.05) is 18.7 Å². The molecule has 0 saturated carbocycles. The van der Waals surface area contributed by atoms with Crippen LogP contribution in [0.2, 0.25) is 0 Å². The van der Waals surface area contributed by atoms with E-state index in [1.807, 2.05) is 18.2 Å². The summed E-state index contributed by atoms with van der Waals surface area (Å²) in [6, 6.07) is 12.3. The van der Waals surface area contributed by atoms with Crippen LogP contribution >= 0.6 is 0 Å². The maximum absolute atomic E-state index is 10.5. The van der Waals surface area contributed by atoms with Crippen molar-refractivity contribution in [1.82, 2.24) is 4.98 Å². The van der Waals surface area contributed by atoms with Gasteiger partial charge in [-0.25, -0.2) is 4.98 Å². The molecule has 0 aliphatic carbocycles. The fraction of sp³-hybridized carbons (Fsp3) is 0.133. The first-order valence-corrected chi connectivity index (χ1v) is 6.02. The van der Waals surface area contributed by atoms with Crippen LogP contribution < -0.4 is 4.74 Å². The van der Waals surface area contributed by atoms with Crippen molar-refractivity contribution in [3.05, 3.63) is 53.9 Å². The van der Waals surface area contributed by atoms with Gasteiger partial charge in [0.05, 0.1) is 0 Å². The van der Waals surface area contributed by atoms with Crippen molar-refractivity contribution in [1.29, 1.82) is 5.26 Å². The van der Waals surface area contributed by atoms with E-state index in [1.165, 1.54) is 6.20 Å². The summed E-state index contributed by atoms with van der Waals surface area (Å²) in [5.41, 5.74) is 1.23. The second kappa shape index (κ2) is 6.34. The molecule has 1 heterocycles. The van der Waals surface area contributed by atoms with E-state index in [2.05, 4.69) is 4.98 Å². The lowest BCUT2D eigenvalue weighted by molar-refractivity contribution is -0.136. The summed E-state index contributed by atoms with van der Waals surface area (Å²) in [6.07, 6.45) is 2.11. The van der Waals surface area contributed by atoms with E-state index < -0.39 is 5.97 Å². The molecule has 0 bridgehead atoms. The minimum atomic E-state index is -0.814. The number of carbonyl (C=O) groups is 1. The van der Waals surface area contributed by atoms with E-state index in [1.54, 1.807) is 24.3 Å². The van der Waals surface area contributed by atoms with Crippen LogP contribution in [0.4, 0.5) is 0 Å². The molecule has 2 rings (SSSR count). The summed E-state index contributed by atoms with van der Waals surface area (Å²) < 4.78 is 5.59. The van der Waals surface area contributed by atoms with E-state index >= 15 is 0 Å². The number of nitriles is 1. The number of nitrogens with zero attached hydrogens (tertiary/aromatic N) is 2. The summed E-state index contributed by atoms with van der Waals surface area (Å²) in [5, 5.41) is 17.4. The Hall–Kier alpha value is -2.87. The molecule has 0 aliphatic heterocycles. The minimum Gasteiger partial charge on any atom is -0.481 e. The Balaban J connectivity index is 2.03. The largest absolute Gasteiger partial charge is 0.481 e. The lowest BCUT2D eigenvalue weighted by Gasteiger charge is -2.06. The zero-order chi connectivity index (χ0) is 14.4. The standard InChI is InChI=1S/C15H12N2O3/c16-10-12-9-14(7-8-17-12)20-13-4-1-11(2-5-13)3-6-15(18)19/h1-2,4-5,7-9H,3,6H2,(H,18,19). The Morgan fingerprint density at radius 3 is 2.65 bits per heavy atom. The monoisotopic (exact) mass is 268 g/mol. The number of ether oxygens (including phenoxy) is 1. The van der Waals surface area contributed by atoms with Crippen LogP contribution in [0.5, 0.6) is 11.5 Å². The number of aromatic nitrogens is 1. The summed E-state index contributed by atoms with van der Waals surface area (Å²) >= 11 is 0. The Labute approximate surface area is 116 Å². The third kappa shape index (κ3) is 3.82. The molecule has 1 aromatic carbocycles. The number of aliphatic carboxylic acids is 1. The molecule has 0 saturated heterocycles. The fourth-order valence-corrected chi connectivity index (χ4v) is 1.65. The first-order chi connectivity index (χ1) is 9.67. The molecule has 0 unspecified atom stereocenters. The molecule has 0 spiro atoms. The van der Waals surface area contributed by atoms with Gasteiger partial charge in [0.2, 0.25) is 0 Å². The van der Waals surface area contributed by atoms with Crippen molar-refractivity contribution >= 4 is 5.97 Å². The van der Waals surface area contributed by atoms with Gasteiger partial charge in [0.15, 0.2) is 0 Å². The van der Waals surface area contributed by atoms with Crippen LogP contribution in [0.25, 0.3) is 0 Å². The summed E-state index contributed by atoms with van der Waals surface area (Å²) in [4.78, 5) is 14.3. The minimum absolute atomic E-state index is 0.107. The molecule has 1 aromatic heterocycles. The number of carboxylic acids is 1. The zero-order valence-corrected chi connectivity index (χ0v) is 10.6. The average molecular weight is 268 g/mol. The highest BCUT2D eigenvalue weighted by atomic mass is 16.5. The van der Waals surface area contributed by atoms with Gasteiger partial charge in [-0.3, -0.25) is 4.79 Å². The number of carboxylic acid groups (broad SMARTS) is 1. The lowest BCUT2D eigenvalue weighted by atomic mass is 10.1. The smallest absolute Gasteiger partial charge is 0.303 e. The highest BCUT2D eigenvalue weighted by Crippen LogP contribution is 2.22. The number of hydrogen-bond donors (Lipinski definition) is 1. The van der Waals surface area contributed by atoms with Gasteiger partial charge in [-0.2, -0.15) is 5.26 Å². The molecule has 0 amide bonds. The molecule has 5 heteroatoms. The normalized spacial score (nSPS) is 9.75. The number of rotatable bonds is 5. The maximum atomic E-state index is 10.5. The first kappa shape index (κ1) is 13.6. The SMILES string of the molecule is N#Cc1cc(Oc2ccc(CCC(=O)O)cc2)ccn1. The Morgan fingerprint density at radius 2 is 2.00 bits per heavy atom. The number of aryl methyl sites for hydroxylation is 1. The number of pyridine rings is 1. The molecule has 0 fully saturated rings. The fourth-order valence-electron chi connectivity index (χ4n) is 1.65. The summed E-state index contributed by atoms with van der Waals surface area (Å²) in [6.45, 7) is 0. The lowest BCUT2D eigenvalue weighted by Crippen LogP contribution is -1.97. The van der Waals surface area contributed by atoms with Gasteiger partial charge in [0.1, 0.15) is 23.3 Å². The third-order valence-electron chi connectivity index (χ3n) is 2.63. The van der Waals surface area contributed by atoms with Gasteiger partial charge in [0.25, 0.3) is 0 Å². The van der Waals surface area contributed by atoms with E-state index in [-0.39, 0.29) is 6.42 Å². The molecule has 5 nitrogen and oxygen atoms in total. The second-order valence-electron chi connectivity index (χ2n) is 4.13. The molecular formula is C15H12N2O3. The van der Waals surface area contributed by atoms with Crippen molar-refractivity contribution < 1.29 is 14.6 Å². The number of benzene rings is 1. The van der Waals surface area contributed by atoms with Crippen molar-refractivity contribution in [3.63, 3.8) is 0 Å². The third-order valence-corrected chi connectivity index (χ3v) is 2.63. The van der Waals surface area contributed by atoms with Gasteiger partial charge in [-0.1, -0.05) is 12.1 Å². The van der Waals surface area contributed by atoms with Crippen molar-refractivity contribution in [2.45, 2.75) is 12.8 Å². The average Bonchev–Trinajstić information content (AvgIpc) is 2.47. The second-order valence-corrected chi connectivity index (χ2v) is 4.13. The Morgan fingerprint density at radius 1 is 1.25 bits per heavy atom. The molecular weight excluding hydrogens is 256 g/mol. The van der Waals surface area contributed by atoms with Crippen LogP contribution in [-0.4, -0.2) is 16.1 Å². The van der Waals surface area contributed by atoms with Gasteiger partial charge < -0.3 is 9.84 Å². The van der Waals surface area contributed by atoms with Gasteiger partial charge >= 0.3 is 5.97 Å². The van der Waals surface area contributed by atoms with Crippen LogP contribution in [0.15, 0.2) is 42.6 Å². The molecule has 100 valence electrons. The van der Waals surface area contributed by atoms with E-state index in [4.69, 9.17) is 15.1 Å². The summed E-state index contributed by atoms with van der Waals surface area (Å²) in [7, 11) is 0. The van der Waals surface area contributed by atoms with Crippen molar-refractivity contribution in [2.24, 2.45) is 0 Å². The van der Waals surface area contributed by atoms with Crippen LogP contribution in [0.1, 0.15) is 17.7 Å². The van der Waals surface area contributed by atoms with E-state index in [0.29, 0.717) is 23.6 Å². The molecule has 20 heavy (non-hydrogen) atoms. The predicted octanol–water partition coefficient (Wildman–Crippen LogP) is 2.76. The molecule has 0 radical (unpaired) electrons. The van der Waals surface area contributed by atoms with E-state index in [9.17, 15) is 4.79 Å². The topological polar surface area (TPSA) is 83.2 Å². The molecule has 1 N–H and O–H groups in total. The number of hydrogen-bond acceptors (Lipinski definition) is 4. The Bertz CT molecular complexity index is 645. The van der Waals surface area contributed by atoms with Crippen LogP contribution in [-0.2, 0) is 11.2 Å². The Kier molecular flexibility index (Phi) is 4.30. The van der Waals surface area contributed by atoms with Crippen molar-refractivity contribution in [2.75, 3.05) is 0 Å². The molecule has 2 aromatic rings. The zero-order valence-electron chi connectivity index (χ0n) is 10.6. The summed E-state index contributed by atoms with van der Waals surface area (Å²) in [5.74, 6) is 0.347. The van der Waals surface area contributed by atoms with Crippen molar-refractivity contribution in [3.8, 4) is 17.6 Å². The van der Waals surface area contributed by atoms with Crippen LogP contribution in [0.3, 0.4) is 0 Å². The van der Waals surface area contributed by atoms with Gasteiger partial charge in [-0.05, 0) is 30.2 Å². The van der Waals surface area contributed by atoms with Crippen LogP contribution in [0, 0.1) is 11.3 Å². The highest BCUT2D eigenvalue weighted by molar-refractivity contribution is 5.67. The highest BCUT2D eigenvalue weighted by Gasteiger charge is 2.02. The maximum Gasteiger partial charge on any atom is 0.303 e. The quantitative estimate of drug-likeness (QED) is 0.901. The van der Waals surface area contributed by atoms with E-state index in [0.717, 1.165) is 5.56 Å². The molecule has 0 atom stereocenters. The molecule has 0 aliphatic rings. The first-order valence-electron chi connectivity index (χ1n) is 6.02. The van der Waals surface area contributed by atoms with Gasteiger partial charge in [-0.15, -0.1) is 0 Å².